The van der Waals surface area contributed by atoms with Crippen LogP contribution in [-0.4, -0.2) is 117 Å². The van der Waals surface area contributed by atoms with E-state index in [1.165, 1.54) is 11.3 Å². The van der Waals surface area contributed by atoms with Crippen LogP contribution in [0.4, 0.5) is 0 Å². The molecule has 0 radical (unpaired) electrons. The highest BCUT2D eigenvalue weighted by Gasteiger charge is 2.39. The van der Waals surface area contributed by atoms with Crippen LogP contribution in [0.2, 0.25) is 0 Å². The molecule has 53 heavy (non-hydrogen) atoms. The third-order valence-corrected chi connectivity index (χ3v) is 11.8. The van der Waals surface area contributed by atoms with E-state index in [2.05, 4.69) is 26.6 Å². The number of ether oxygens (including phenoxy) is 2. The van der Waals surface area contributed by atoms with Gasteiger partial charge in [0.25, 0.3) is 0 Å². The lowest BCUT2D eigenvalue weighted by Gasteiger charge is -2.35. The molecule has 0 unspecified atom stereocenters. The fraction of sp³-hybridized carbons (Fsp3) is 0.872. The molecule has 0 aromatic carbocycles. The molecule has 302 valence electrons. The average molecular weight is 748 g/mol. The molecular formula is C39H69N7O7. The van der Waals surface area contributed by atoms with Gasteiger partial charge in [-0.2, -0.15) is 0 Å². The molecule has 0 spiro atoms. The molecular weight excluding hydrogens is 678 g/mol. The van der Waals surface area contributed by atoms with Gasteiger partial charge in [0, 0.05) is 38.6 Å². The molecule has 7 atom stereocenters. The monoisotopic (exact) mass is 748 g/mol. The number of carbonyl (C=O) groups excluding carboxylic acids is 5. The number of likely N-dealkylation sites (N-methyl/N-ethyl adjacent to an activating group) is 1. The number of nitrogens with one attached hydrogen (secondary N) is 5. The fourth-order valence-electron chi connectivity index (χ4n) is 8.29. The molecule has 14 heteroatoms. The van der Waals surface area contributed by atoms with Gasteiger partial charge in [-0.25, -0.2) is 0 Å². The van der Waals surface area contributed by atoms with E-state index in [4.69, 9.17) is 15.2 Å². The summed E-state index contributed by atoms with van der Waals surface area (Å²) >= 11 is 0. The van der Waals surface area contributed by atoms with Crippen molar-refractivity contribution in [3.8, 4) is 0 Å². The Labute approximate surface area is 316 Å². The molecule has 2 heterocycles. The average Bonchev–Trinajstić information content (AvgIpc) is 3.42. The summed E-state index contributed by atoms with van der Waals surface area (Å²) in [6.07, 6.45) is 12.5. The van der Waals surface area contributed by atoms with Gasteiger partial charge in [-0.15, -0.1) is 0 Å². The van der Waals surface area contributed by atoms with Gasteiger partial charge in [0.2, 0.25) is 29.5 Å². The van der Waals surface area contributed by atoms with Crippen molar-refractivity contribution in [2.24, 2.45) is 29.4 Å². The van der Waals surface area contributed by atoms with Gasteiger partial charge in [0.05, 0.1) is 31.8 Å². The van der Waals surface area contributed by atoms with E-state index < -0.39 is 65.9 Å². The van der Waals surface area contributed by atoms with E-state index in [0.29, 0.717) is 37.7 Å². The van der Waals surface area contributed by atoms with Crippen molar-refractivity contribution in [2.75, 3.05) is 46.5 Å². The van der Waals surface area contributed by atoms with E-state index in [9.17, 15) is 24.0 Å². The summed E-state index contributed by atoms with van der Waals surface area (Å²) in [5.74, 6) is -2.09. The van der Waals surface area contributed by atoms with Crippen LogP contribution in [0.25, 0.3) is 0 Å². The fourth-order valence-corrected chi connectivity index (χ4v) is 8.29. The van der Waals surface area contributed by atoms with Gasteiger partial charge in [0.1, 0.15) is 24.2 Å². The lowest BCUT2D eigenvalue weighted by Crippen LogP contribution is -2.62. The second-order valence-electron chi connectivity index (χ2n) is 16.2. The van der Waals surface area contributed by atoms with Crippen LogP contribution < -0.4 is 32.3 Å². The van der Waals surface area contributed by atoms with Gasteiger partial charge >= 0.3 is 0 Å². The normalized spacial score (nSPS) is 31.9. The van der Waals surface area contributed by atoms with E-state index >= 15 is 0 Å². The Bertz CT molecular complexity index is 1190. The quantitative estimate of drug-likeness (QED) is 0.181. The maximum atomic E-state index is 14.3. The summed E-state index contributed by atoms with van der Waals surface area (Å²) in [5, 5.41) is 14.8. The van der Waals surface area contributed by atoms with E-state index in [0.717, 1.165) is 77.3 Å². The summed E-state index contributed by atoms with van der Waals surface area (Å²) in [4.78, 5) is 71.6. The predicted octanol–water partition coefficient (Wildman–Crippen LogP) is 1.74. The van der Waals surface area contributed by atoms with Gasteiger partial charge < -0.3 is 46.7 Å². The maximum Gasteiger partial charge on any atom is 0.245 e. The van der Waals surface area contributed by atoms with E-state index in [1.807, 2.05) is 20.8 Å². The van der Waals surface area contributed by atoms with E-state index in [-0.39, 0.29) is 31.6 Å². The van der Waals surface area contributed by atoms with Crippen LogP contribution in [0.1, 0.15) is 111 Å². The number of hydrogen-bond acceptors (Lipinski definition) is 9. The van der Waals surface area contributed by atoms with Crippen LogP contribution in [0.15, 0.2) is 0 Å². The van der Waals surface area contributed by atoms with Gasteiger partial charge in [-0.3, -0.25) is 24.0 Å². The number of nitrogens with two attached hydrogens (primary N) is 1. The number of carbonyl (C=O) groups is 5. The first-order valence-corrected chi connectivity index (χ1v) is 20.6. The minimum absolute atomic E-state index is 0.0609. The topological polar surface area (TPSA) is 193 Å². The zero-order valence-electron chi connectivity index (χ0n) is 32.8. The molecule has 4 aliphatic rings. The molecule has 2 aliphatic heterocycles. The van der Waals surface area contributed by atoms with Crippen molar-refractivity contribution in [1.29, 1.82) is 0 Å². The minimum atomic E-state index is -1.15. The first-order chi connectivity index (χ1) is 25.5. The van der Waals surface area contributed by atoms with Crippen molar-refractivity contribution in [1.82, 2.24) is 31.5 Å². The number of rotatable bonds is 10. The summed E-state index contributed by atoms with van der Waals surface area (Å²) in [5.41, 5.74) is 6.06. The smallest absolute Gasteiger partial charge is 0.245 e. The lowest BCUT2D eigenvalue weighted by atomic mass is 9.82. The SMILES string of the molecule is CCC[C@H]1C(=O)N[C@@H](C2CCCCCC2)C(=O)N[C@@H](CN)C(=O)N[C@@H](COCC2CNC2)C(=O)N[C@H](C)CO[C@H](CC2CCCCC2)[C@@H](C)C(=O)N1C. The van der Waals surface area contributed by atoms with Crippen molar-refractivity contribution in [2.45, 2.75) is 147 Å². The van der Waals surface area contributed by atoms with Crippen LogP contribution in [0.3, 0.4) is 0 Å². The maximum absolute atomic E-state index is 14.3. The van der Waals surface area contributed by atoms with E-state index in [1.54, 1.807) is 7.05 Å². The lowest BCUT2D eigenvalue weighted by molar-refractivity contribution is -0.147. The standard InChI is InChI=1S/C39H69N7O7/c1-5-13-32-37(49)45-34(29-16-11-6-7-12-17-29)38(50)43-30(19-40)35(47)44-31(24-52-23-28-20-41-21-28)36(48)42-25(2)22-53-33(26(3)39(51)46(32)4)18-27-14-9-8-10-15-27/h25-34,41H,5-24,40H2,1-4H3,(H,42,48)(H,43,50)(H,44,47)(H,45,49)/t25-,26-,30+,31+,32+,33-,34+/m1/s1. The van der Waals surface area contributed by atoms with Gasteiger partial charge in [-0.1, -0.05) is 78.1 Å². The molecule has 0 aromatic rings. The molecule has 2 saturated carbocycles. The molecule has 0 bridgehead atoms. The van der Waals surface area contributed by atoms with Crippen molar-refractivity contribution < 1.29 is 33.4 Å². The predicted molar refractivity (Wildman–Crippen MR) is 202 cm³/mol. The molecule has 4 fully saturated rings. The minimum Gasteiger partial charge on any atom is -0.378 e. The highest BCUT2D eigenvalue weighted by molar-refractivity contribution is 5.96. The van der Waals surface area contributed by atoms with Crippen molar-refractivity contribution in [3.05, 3.63) is 0 Å². The number of nitrogens with zero attached hydrogens (tertiary/aromatic N) is 1. The third kappa shape index (κ3) is 12.9. The molecule has 4 rings (SSSR count). The number of amides is 5. The first kappa shape index (κ1) is 42.9. The molecule has 14 nitrogen and oxygen atoms in total. The molecule has 2 aliphatic carbocycles. The molecule has 2 saturated heterocycles. The summed E-state index contributed by atoms with van der Waals surface area (Å²) in [6, 6.07) is -4.37. The highest BCUT2D eigenvalue weighted by atomic mass is 16.5. The third-order valence-electron chi connectivity index (χ3n) is 11.8. The van der Waals surface area contributed by atoms with Crippen molar-refractivity contribution >= 4 is 29.5 Å². The second-order valence-corrected chi connectivity index (χ2v) is 16.2. The zero-order chi connectivity index (χ0) is 38.3. The Morgan fingerprint density at radius 1 is 0.755 bits per heavy atom. The second kappa shape index (κ2) is 21.9. The van der Waals surface area contributed by atoms with Crippen LogP contribution in [0.5, 0.6) is 0 Å². The van der Waals surface area contributed by atoms with Gasteiger partial charge in [0.15, 0.2) is 0 Å². The Kier molecular flexibility index (Phi) is 17.8. The zero-order valence-corrected chi connectivity index (χ0v) is 32.8. The van der Waals surface area contributed by atoms with Crippen LogP contribution in [-0.2, 0) is 33.4 Å². The molecule has 5 amide bonds. The molecule has 0 aromatic heterocycles. The van der Waals surface area contributed by atoms with Gasteiger partial charge in [-0.05, 0) is 44.4 Å². The highest BCUT2D eigenvalue weighted by Crippen LogP contribution is 2.31. The Balaban J connectivity index is 1.65. The first-order valence-electron chi connectivity index (χ1n) is 20.6. The molecule has 7 N–H and O–H groups in total. The van der Waals surface area contributed by atoms with Crippen LogP contribution in [0, 0.1) is 23.7 Å². The summed E-state index contributed by atoms with van der Waals surface area (Å²) < 4.78 is 12.4. The van der Waals surface area contributed by atoms with Crippen molar-refractivity contribution in [3.63, 3.8) is 0 Å². The Hall–Kier alpha value is -2.81. The number of hydrogen-bond donors (Lipinski definition) is 6. The summed E-state index contributed by atoms with van der Waals surface area (Å²) in [6.45, 7) is 7.64. The largest absolute Gasteiger partial charge is 0.378 e. The Morgan fingerprint density at radius 3 is 2.00 bits per heavy atom. The Morgan fingerprint density at radius 2 is 1.38 bits per heavy atom. The summed E-state index contributed by atoms with van der Waals surface area (Å²) in [7, 11) is 1.67. The van der Waals surface area contributed by atoms with Crippen LogP contribution >= 0.6 is 0 Å².